The van der Waals surface area contributed by atoms with E-state index >= 15 is 0 Å². The van der Waals surface area contributed by atoms with Gasteiger partial charge < -0.3 is 14.9 Å². The Morgan fingerprint density at radius 1 is 0.807 bits per heavy atom. The molecule has 2 aliphatic heterocycles. The fraction of sp³-hybridized carbons (Fsp3) is 0.410. The minimum Gasteiger partial charge on any atom is -0.481 e. The van der Waals surface area contributed by atoms with Gasteiger partial charge in [0.25, 0.3) is 5.91 Å². The summed E-state index contributed by atoms with van der Waals surface area (Å²) in [5.74, 6) is -4.44. The molecular formula is C39H34F9N5O4. The first-order valence-corrected chi connectivity index (χ1v) is 17.9. The van der Waals surface area contributed by atoms with E-state index in [0.29, 0.717) is 22.5 Å². The van der Waals surface area contributed by atoms with E-state index in [1.807, 2.05) is 0 Å². The molecule has 4 heterocycles. The topological polar surface area (TPSA) is 109 Å². The van der Waals surface area contributed by atoms with Crippen LogP contribution in [0.1, 0.15) is 52.0 Å². The molecule has 57 heavy (non-hydrogen) atoms. The summed E-state index contributed by atoms with van der Waals surface area (Å²) in [6.45, 7) is -0.182. The number of aromatic nitrogens is 3. The molecule has 1 N–H and O–H groups in total. The zero-order chi connectivity index (χ0) is 41.1. The van der Waals surface area contributed by atoms with Gasteiger partial charge in [-0.3, -0.25) is 24.0 Å². The van der Waals surface area contributed by atoms with Gasteiger partial charge in [0, 0.05) is 55.5 Å². The number of benzene rings is 2. The van der Waals surface area contributed by atoms with Crippen LogP contribution in [-0.4, -0.2) is 79.8 Å². The van der Waals surface area contributed by atoms with Crippen molar-refractivity contribution in [3.63, 3.8) is 0 Å². The Morgan fingerprint density at radius 2 is 1.40 bits per heavy atom. The lowest BCUT2D eigenvalue weighted by atomic mass is 9.68. The van der Waals surface area contributed by atoms with E-state index in [2.05, 4.69) is 10.1 Å². The molecule has 302 valence electrons. The number of carboxylic acids is 1. The third kappa shape index (κ3) is 7.94. The Morgan fingerprint density at radius 3 is 1.96 bits per heavy atom. The van der Waals surface area contributed by atoms with Crippen molar-refractivity contribution >= 4 is 17.8 Å². The first-order valence-electron chi connectivity index (χ1n) is 17.9. The number of amides is 2. The number of hydrogen-bond donors (Lipinski definition) is 1. The second kappa shape index (κ2) is 14.2. The number of rotatable bonds is 10. The maximum Gasteiger partial charge on any atom is 0.416 e. The molecule has 1 spiro atoms. The van der Waals surface area contributed by atoms with Gasteiger partial charge in [-0.1, -0.05) is 30.3 Å². The number of likely N-dealkylation sites (tertiary alicyclic amines) is 2. The highest BCUT2D eigenvalue weighted by molar-refractivity contribution is 5.94. The Hall–Kier alpha value is -5.42. The standard InChI is InChI=1S/C39H34F9N5O4/c40-37(41,42)27-8-4-23(5-9-27)17-53-18-26(16-49-53)32(54)51-19-29(35(20-51)21-52(22-35)34(57)36(12-13-36)39(46,47)48)14-25(33(55)56)15-30-2-1-3-31(50-30)24-6-10-28(11-7-24)38(43,44)45/h1-11,16,18,25,29H,12-15,17,19-22H2,(H,55,56). The van der Waals surface area contributed by atoms with Crippen LogP contribution < -0.4 is 0 Å². The molecule has 1 aliphatic carbocycles. The monoisotopic (exact) mass is 807 g/mol. The van der Waals surface area contributed by atoms with E-state index in [1.54, 1.807) is 18.2 Å². The largest absolute Gasteiger partial charge is 0.481 e. The van der Waals surface area contributed by atoms with E-state index < -0.39 is 70.1 Å². The third-order valence-electron chi connectivity index (χ3n) is 11.3. The van der Waals surface area contributed by atoms with Crippen LogP contribution in [0.5, 0.6) is 0 Å². The first-order chi connectivity index (χ1) is 26.7. The number of carboxylic acid groups (broad SMARTS) is 1. The fourth-order valence-corrected chi connectivity index (χ4v) is 7.96. The average Bonchev–Trinajstić information content (AvgIpc) is 3.70. The van der Waals surface area contributed by atoms with Gasteiger partial charge in [0.05, 0.1) is 41.0 Å². The van der Waals surface area contributed by atoms with Gasteiger partial charge in [0.2, 0.25) is 5.91 Å². The van der Waals surface area contributed by atoms with Crippen molar-refractivity contribution < 1.29 is 59.0 Å². The van der Waals surface area contributed by atoms with Gasteiger partial charge in [-0.25, -0.2) is 0 Å². The van der Waals surface area contributed by atoms with Crippen molar-refractivity contribution in [2.45, 2.75) is 50.8 Å². The van der Waals surface area contributed by atoms with Crippen LogP contribution in [0.2, 0.25) is 0 Å². The maximum absolute atomic E-state index is 13.9. The normalized spacial score (nSPS) is 19.4. The number of aliphatic carboxylic acids is 1. The van der Waals surface area contributed by atoms with E-state index in [0.717, 1.165) is 29.2 Å². The second-order valence-electron chi connectivity index (χ2n) is 15.2. The van der Waals surface area contributed by atoms with Crippen molar-refractivity contribution in [2.24, 2.45) is 22.7 Å². The molecule has 2 saturated heterocycles. The number of pyridine rings is 1. The van der Waals surface area contributed by atoms with Crippen molar-refractivity contribution in [2.75, 3.05) is 26.2 Å². The minimum absolute atomic E-state index is 0.0113. The lowest BCUT2D eigenvalue weighted by molar-refractivity contribution is -0.205. The molecule has 18 heteroatoms. The Kier molecular flexibility index (Phi) is 9.91. The Balaban J connectivity index is 1.09. The number of carbonyl (C=O) groups is 3. The smallest absolute Gasteiger partial charge is 0.416 e. The minimum atomic E-state index is -4.74. The molecule has 1 saturated carbocycles. The molecule has 4 aromatic rings. The van der Waals surface area contributed by atoms with Crippen LogP contribution in [0, 0.1) is 22.7 Å². The summed E-state index contributed by atoms with van der Waals surface area (Å²) in [7, 11) is 0. The molecule has 2 amide bonds. The van der Waals surface area contributed by atoms with E-state index in [4.69, 9.17) is 0 Å². The lowest BCUT2D eigenvalue weighted by Gasteiger charge is -2.52. The molecule has 2 atom stereocenters. The predicted octanol–water partition coefficient (Wildman–Crippen LogP) is 7.61. The van der Waals surface area contributed by atoms with E-state index in [-0.39, 0.29) is 64.0 Å². The Bertz CT molecular complexity index is 2150. The van der Waals surface area contributed by atoms with Gasteiger partial charge in [0.1, 0.15) is 5.41 Å². The zero-order valence-electron chi connectivity index (χ0n) is 29.8. The second-order valence-corrected chi connectivity index (χ2v) is 15.2. The number of alkyl halides is 9. The summed E-state index contributed by atoms with van der Waals surface area (Å²) in [5.41, 5.74) is -3.43. The summed E-state index contributed by atoms with van der Waals surface area (Å²) >= 11 is 0. The molecule has 2 aromatic carbocycles. The van der Waals surface area contributed by atoms with Crippen LogP contribution in [0.25, 0.3) is 11.3 Å². The number of halogens is 9. The van der Waals surface area contributed by atoms with Crippen molar-refractivity contribution in [1.29, 1.82) is 0 Å². The highest BCUT2D eigenvalue weighted by Crippen LogP contribution is 2.60. The van der Waals surface area contributed by atoms with Crippen LogP contribution in [0.3, 0.4) is 0 Å². The molecule has 3 aliphatic rings. The highest BCUT2D eigenvalue weighted by Gasteiger charge is 2.71. The van der Waals surface area contributed by atoms with Crippen LogP contribution in [-0.2, 0) is 34.9 Å². The average molecular weight is 808 g/mol. The van der Waals surface area contributed by atoms with E-state index in [9.17, 15) is 59.0 Å². The lowest BCUT2D eigenvalue weighted by Crippen LogP contribution is -2.64. The molecule has 7 rings (SSSR count). The van der Waals surface area contributed by atoms with Crippen LogP contribution in [0.15, 0.2) is 79.1 Å². The zero-order valence-corrected chi connectivity index (χ0v) is 29.8. The van der Waals surface area contributed by atoms with E-state index in [1.165, 1.54) is 46.2 Å². The molecule has 3 fully saturated rings. The molecule has 0 bridgehead atoms. The maximum atomic E-state index is 13.9. The van der Waals surface area contributed by atoms with Crippen molar-refractivity contribution in [3.8, 4) is 11.3 Å². The molecule has 9 nitrogen and oxygen atoms in total. The quantitative estimate of drug-likeness (QED) is 0.166. The van der Waals surface area contributed by atoms with Gasteiger partial charge in [0.15, 0.2) is 0 Å². The molecule has 2 unspecified atom stereocenters. The predicted molar refractivity (Wildman–Crippen MR) is 183 cm³/mol. The summed E-state index contributed by atoms with van der Waals surface area (Å²) in [6, 6.07) is 13.5. The first kappa shape index (κ1) is 39.8. The summed E-state index contributed by atoms with van der Waals surface area (Å²) in [6.07, 6.45) is -11.9. The van der Waals surface area contributed by atoms with Crippen LogP contribution in [0.4, 0.5) is 39.5 Å². The summed E-state index contributed by atoms with van der Waals surface area (Å²) in [4.78, 5) is 46.8. The van der Waals surface area contributed by atoms with Crippen LogP contribution >= 0.6 is 0 Å². The number of hydrogen-bond acceptors (Lipinski definition) is 5. The van der Waals surface area contributed by atoms with Gasteiger partial charge in [-0.05, 0) is 67.1 Å². The number of nitrogens with zero attached hydrogens (tertiary/aromatic N) is 5. The van der Waals surface area contributed by atoms with Gasteiger partial charge >= 0.3 is 24.5 Å². The summed E-state index contributed by atoms with van der Waals surface area (Å²) in [5, 5.41) is 14.5. The SMILES string of the molecule is O=C(O)C(Cc1cccc(-c2ccc(C(F)(F)F)cc2)n1)CC1CN(C(=O)c2cnn(Cc3ccc(C(F)(F)F)cc3)c2)CC12CN(C(=O)C1(C(F)(F)F)CC1)C2. The van der Waals surface area contributed by atoms with Crippen molar-refractivity contribution in [3.05, 3.63) is 107 Å². The van der Waals surface area contributed by atoms with Gasteiger partial charge in [-0.2, -0.15) is 44.6 Å². The molecule has 0 radical (unpaired) electrons. The fourth-order valence-electron chi connectivity index (χ4n) is 7.96. The summed E-state index contributed by atoms with van der Waals surface area (Å²) < 4.78 is 121. The van der Waals surface area contributed by atoms with Gasteiger partial charge in [-0.15, -0.1) is 0 Å². The third-order valence-corrected chi connectivity index (χ3v) is 11.3. The number of carbonyl (C=O) groups excluding carboxylic acids is 2. The molecule has 2 aromatic heterocycles. The highest BCUT2D eigenvalue weighted by atomic mass is 19.4. The Labute approximate surface area is 319 Å². The van der Waals surface area contributed by atoms with Crippen molar-refractivity contribution in [1.82, 2.24) is 24.6 Å². The molecular weight excluding hydrogens is 773 g/mol.